The number of sulfonamides is 1. The zero-order valence-electron chi connectivity index (χ0n) is 23.1. The summed E-state index contributed by atoms with van der Waals surface area (Å²) in [5.41, 5.74) is 7.71. The van der Waals surface area contributed by atoms with Crippen LogP contribution in [0.5, 0.6) is 11.5 Å². The summed E-state index contributed by atoms with van der Waals surface area (Å²) in [5, 5.41) is 4.13. The number of aromatic nitrogens is 1. The van der Waals surface area contributed by atoms with Crippen LogP contribution < -0.4 is 19.2 Å². The number of hydrazone groups is 1. The average molecular weight is 561 g/mol. The summed E-state index contributed by atoms with van der Waals surface area (Å²) in [6, 6.07) is 22.6. The van der Waals surface area contributed by atoms with E-state index in [1.807, 2.05) is 38.1 Å². The predicted octanol–water partition coefficient (Wildman–Crippen LogP) is 4.77. The fourth-order valence-electron chi connectivity index (χ4n) is 4.45. The lowest BCUT2D eigenvalue weighted by Crippen LogP contribution is -2.39. The highest BCUT2D eigenvalue weighted by Crippen LogP contribution is 2.32. The molecular formula is C30H32N4O5S. The largest absolute Gasteiger partial charge is 0.497 e. The molecular weight excluding hydrogens is 528 g/mol. The van der Waals surface area contributed by atoms with E-state index in [4.69, 9.17) is 9.47 Å². The second kappa shape index (κ2) is 12.1. The summed E-state index contributed by atoms with van der Waals surface area (Å²) < 4.78 is 41.0. The smallest absolute Gasteiger partial charge is 0.264 e. The molecule has 0 bridgehead atoms. The minimum atomic E-state index is -4.15. The van der Waals surface area contributed by atoms with Crippen LogP contribution in [-0.2, 0) is 14.8 Å². The molecule has 0 spiro atoms. The van der Waals surface area contributed by atoms with Gasteiger partial charge in [0.15, 0.2) is 0 Å². The number of rotatable bonds is 10. The highest BCUT2D eigenvalue weighted by atomic mass is 32.2. The number of methoxy groups -OCH3 is 2. The molecule has 10 heteroatoms. The van der Waals surface area contributed by atoms with Crippen molar-refractivity contribution >= 4 is 27.8 Å². The number of nitrogens with zero attached hydrogens (tertiary/aromatic N) is 3. The molecule has 1 aromatic heterocycles. The molecule has 9 nitrogen and oxygen atoms in total. The topological polar surface area (TPSA) is 102 Å². The van der Waals surface area contributed by atoms with Crippen molar-refractivity contribution < 1.29 is 22.7 Å². The van der Waals surface area contributed by atoms with Gasteiger partial charge in [0.25, 0.3) is 15.9 Å². The van der Waals surface area contributed by atoms with E-state index in [9.17, 15) is 13.2 Å². The number of amides is 1. The molecule has 1 amide bonds. The standard InChI is InChI=1S/C30H32N4O5S/c1-21-10-6-7-11-27(21)34-22(2)18-24(23(34)3)19-31-32-30(35)20-33(28-12-8-9-13-29(28)39-5)40(36,37)26-16-14-25(38-4)15-17-26/h6-19H,20H2,1-5H3,(H,32,35)/b31-19-. The van der Waals surface area contributed by atoms with Crippen molar-refractivity contribution in [3.05, 3.63) is 101 Å². The van der Waals surface area contributed by atoms with Gasteiger partial charge in [0.2, 0.25) is 0 Å². The molecule has 3 aromatic carbocycles. The molecule has 0 atom stereocenters. The molecule has 0 radical (unpaired) electrons. The van der Waals surface area contributed by atoms with Gasteiger partial charge in [-0.25, -0.2) is 13.8 Å². The third-order valence-corrected chi connectivity index (χ3v) is 8.28. The van der Waals surface area contributed by atoms with Gasteiger partial charge in [-0.1, -0.05) is 30.3 Å². The van der Waals surface area contributed by atoms with E-state index < -0.39 is 22.5 Å². The molecule has 0 fully saturated rings. The maximum Gasteiger partial charge on any atom is 0.264 e. The first-order valence-corrected chi connectivity index (χ1v) is 14.0. The Balaban J connectivity index is 1.59. The van der Waals surface area contributed by atoms with Crippen LogP contribution in [0.1, 0.15) is 22.5 Å². The van der Waals surface area contributed by atoms with Gasteiger partial charge in [0, 0.05) is 22.6 Å². The molecule has 4 aromatic rings. The van der Waals surface area contributed by atoms with Gasteiger partial charge in [-0.15, -0.1) is 0 Å². The molecule has 40 heavy (non-hydrogen) atoms. The van der Waals surface area contributed by atoms with Gasteiger partial charge in [-0.2, -0.15) is 5.10 Å². The molecule has 0 aliphatic rings. The molecule has 1 heterocycles. The van der Waals surface area contributed by atoms with Gasteiger partial charge in [0.05, 0.1) is 31.0 Å². The molecule has 0 unspecified atom stereocenters. The number of ether oxygens (including phenoxy) is 2. The van der Waals surface area contributed by atoms with Crippen LogP contribution >= 0.6 is 0 Å². The number of benzene rings is 3. The molecule has 0 saturated heterocycles. The Morgan fingerprint density at radius 2 is 1.62 bits per heavy atom. The van der Waals surface area contributed by atoms with Crippen LogP contribution in [0.25, 0.3) is 5.69 Å². The van der Waals surface area contributed by atoms with E-state index in [2.05, 4.69) is 28.1 Å². The van der Waals surface area contributed by atoms with E-state index in [1.54, 1.807) is 42.6 Å². The number of aryl methyl sites for hydroxylation is 2. The number of nitrogens with one attached hydrogen (secondary N) is 1. The Morgan fingerprint density at radius 3 is 2.30 bits per heavy atom. The molecule has 0 aliphatic carbocycles. The van der Waals surface area contributed by atoms with E-state index in [1.165, 1.54) is 26.4 Å². The summed E-state index contributed by atoms with van der Waals surface area (Å²) in [6.45, 7) is 5.52. The van der Waals surface area contributed by atoms with Gasteiger partial charge in [-0.05, 0) is 74.9 Å². The van der Waals surface area contributed by atoms with Crippen molar-refractivity contribution in [2.75, 3.05) is 25.1 Å². The summed E-state index contributed by atoms with van der Waals surface area (Å²) in [4.78, 5) is 13.0. The minimum absolute atomic E-state index is 0.000785. The molecule has 0 aliphatic heterocycles. The maximum absolute atomic E-state index is 13.7. The van der Waals surface area contributed by atoms with Gasteiger partial charge in [0.1, 0.15) is 18.0 Å². The average Bonchev–Trinajstić information content (AvgIpc) is 3.24. The Labute approximate surface area is 234 Å². The summed E-state index contributed by atoms with van der Waals surface area (Å²) in [7, 11) is -1.21. The number of carbonyl (C=O) groups is 1. The third-order valence-electron chi connectivity index (χ3n) is 6.51. The first-order chi connectivity index (χ1) is 19.2. The van der Waals surface area contributed by atoms with E-state index in [0.29, 0.717) is 11.5 Å². The van der Waals surface area contributed by atoms with Crippen molar-refractivity contribution in [1.29, 1.82) is 0 Å². The monoisotopic (exact) mass is 560 g/mol. The first kappa shape index (κ1) is 28.4. The van der Waals surface area contributed by atoms with Crippen molar-refractivity contribution in [1.82, 2.24) is 9.99 Å². The lowest BCUT2D eigenvalue weighted by atomic mass is 10.2. The van der Waals surface area contributed by atoms with Gasteiger partial charge >= 0.3 is 0 Å². The fourth-order valence-corrected chi connectivity index (χ4v) is 5.88. The lowest BCUT2D eigenvalue weighted by Gasteiger charge is -2.25. The molecule has 1 N–H and O–H groups in total. The summed E-state index contributed by atoms with van der Waals surface area (Å²) in [6.07, 6.45) is 1.56. The quantitative estimate of drug-likeness (QED) is 0.223. The van der Waals surface area contributed by atoms with E-state index in [-0.39, 0.29) is 10.6 Å². The first-order valence-electron chi connectivity index (χ1n) is 12.5. The van der Waals surface area contributed by atoms with Crippen LogP contribution in [0.4, 0.5) is 5.69 Å². The number of carbonyl (C=O) groups excluding carboxylic acids is 1. The Kier molecular flexibility index (Phi) is 8.59. The molecule has 4 rings (SSSR count). The van der Waals surface area contributed by atoms with Crippen LogP contribution in [-0.4, -0.2) is 45.9 Å². The summed E-state index contributed by atoms with van der Waals surface area (Å²) >= 11 is 0. The number of hydrogen-bond donors (Lipinski definition) is 1. The minimum Gasteiger partial charge on any atom is -0.497 e. The third kappa shape index (κ3) is 5.86. The molecule has 208 valence electrons. The predicted molar refractivity (Wildman–Crippen MR) is 156 cm³/mol. The Hall–Kier alpha value is -4.57. The van der Waals surface area contributed by atoms with Crippen molar-refractivity contribution in [2.24, 2.45) is 5.10 Å². The normalized spacial score (nSPS) is 11.4. The number of anilines is 1. The van der Waals surface area contributed by atoms with Crippen LogP contribution in [0, 0.1) is 20.8 Å². The van der Waals surface area contributed by atoms with Crippen molar-refractivity contribution in [3.8, 4) is 17.2 Å². The van der Waals surface area contributed by atoms with Crippen LogP contribution in [0.3, 0.4) is 0 Å². The van der Waals surface area contributed by atoms with Gasteiger partial charge < -0.3 is 14.0 Å². The van der Waals surface area contributed by atoms with E-state index >= 15 is 0 Å². The fraction of sp³-hybridized carbons (Fsp3) is 0.200. The Morgan fingerprint density at radius 1 is 0.950 bits per heavy atom. The Bertz CT molecular complexity index is 1640. The second-order valence-corrected chi connectivity index (χ2v) is 11.0. The zero-order chi connectivity index (χ0) is 28.9. The number of para-hydroxylation sites is 3. The highest BCUT2D eigenvalue weighted by Gasteiger charge is 2.29. The summed E-state index contributed by atoms with van der Waals surface area (Å²) in [5.74, 6) is 0.197. The lowest BCUT2D eigenvalue weighted by molar-refractivity contribution is -0.119. The van der Waals surface area contributed by atoms with Crippen molar-refractivity contribution in [2.45, 2.75) is 25.7 Å². The molecule has 0 saturated carbocycles. The van der Waals surface area contributed by atoms with Crippen LogP contribution in [0.15, 0.2) is 88.9 Å². The maximum atomic E-state index is 13.7. The highest BCUT2D eigenvalue weighted by molar-refractivity contribution is 7.92. The number of hydrogen-bond acceptors (Lipinski definition) is 6. The SMILES string of the molecule is COc1ccc(S(=O)(=O)N(CC(=O)N/N=C\c2cc(C)n(-c3ccccc3C)c2C)c2ccccc2OC)cc1. The van der Waals surface area contributed by atoms with Crippen molar-refractivity contribution in [3.63, 3.8) is 0 Å². The van der Waals surface area contributed by atoms with Crippen LogP contribution in [0.2, 0.25) is 0 Å². The van der Waals surface area contributed by atoms with E-state index in [0.717, 1.165) is 32.5 Å². The zero-order valence-corrected chi connectivity index (χ0v) is 23.9. The second-order valence-electron chi connectivity index (χ2n) is 9.10. The van der Waals surface area contributed by atoms with Gasteiger partial charge in [-0.3, -0.25) is 9.10 Å².